The van der Waals surface area contributed by atoms with E-state index in [1.165, 1.54) is 25.7 Å². The zero-order valence-electron chi connectivity index (χ0n) is 9.62. The molecule has 3 rings (SSSR count). The van der Waals surface area contributed by atoms with Gasteiger partial charge in [0.15, 0.2) is 4.60 Å². The van der Waals surface area contributed by atoms with Gasteiger partial charge in [-0.25, -0.2) is 4.98 Å². The van der Waals surface area contributed by atoms with Crippen molar-refractivity contribution in [3.8, 4) is 0 Å². The van der Waals surface area contributed by atoms with E-state index in [0.717, 1.165) is 23.4 Å². The molecule has 1 atom stereocenters. The predicted octanol–water partition coefficient (Wildman–Crippen LogP) is 1.68. The van der Waals surface area contributed by atoms with Crippen molar-refractivity contribution < 1.29 is 0 Å². The van der Waals surface area contributed by atoms with Gasteiger partial charge in [-0.2, -0.15) is 0 Å². The molecule has 0 radical (unpaired) electrons. The van der Waals surface area contributed by atoms with E-state index < -0.39 is 0 Å². The molecule has 0 spiro atoms. The van der Waals surface area contributed by atoms with Gasteiger partial charge < -0.3 is 10.6 Å². The molecule has 0 amide bonds. The summed E-state index contributed by atoms with van der Waals surface area (Å²) in [6, 6.07) is 0.429. The average molecular weight is 298 g/mol. The van der Waals surface area contributed by atoms with E-state index in [-0.39, 0.29) is 0 Å². The van der Waals surface area contributed by atoms with Crippen molar-refractivity contribution in [1.82, 2.24) is 20.5 Å². The van der Waals surface area contributed by atoms with Crippen LogP contribution < -0.4 is 10.6 Å². The van der Waals surface area contributed by atoms with Crippen molar-refractivity contribution >= 4 is 21.9 Å². The van der Waals surface area contributed by atoms with Crippen LogP contribution in [-0.4, -0.2) is 34.3 Å². The first-order valence-corrected chi connectivity index (χ1v) is 6.99. The fourth-order valence-electron chi connectivity index (χ4n) is 2.16. The molecule has 6 heteroatoms. The van der Waals surface area contributed by atoms with E-state index in [1.807, 2.05) is 0 Å². The lowest BCUT2D eigenvalue weighted by atomic mass is 10.1. The van der Waals surface area contributed by atoms with Crippen molar-refractivity contribution in [3.63, 3.8) is 0 Å². The molecule has 1 aromatic rings. The first-order chi connectivity index (χ1) is 8.33. The lowest BCUT2D eigenvalue weighted by Crippen LogP contribution is -2.38. The van der Waals surface area contributed by atoms with Crippen LogP contribution >= 0.6 is 15.9 Å². The number of halogens is 1. The van der Waals surface area contributed by atoms with E-state index in [1.54, 1.807) is 0 Å². The first-order valence-electron chi connectivity index (χ1n) is 6.20. The minimum Gasteiger partial charge on any atom is -0.349 e. The molecule has 1 saturated heterocycles. The highest BCUT2D eigenvalue weighted by atomic mass is 79.9. The Morgan fingerprint density at radius 1 is 1.24 bits per heavy atom. The fraction of sp³-hybridized carbons (Fsp3) is 0.727. The zero-order chi connectivity index (χ0) is 11.7. The normalized spacial score (nSPS) is 24.6. The molecule has 1 aliphatic heterocycles. The highest BCUT2D eigenvalue weighted by molar-refractivity contribution is 9.10. The maximum atomic E-state index is 4.57. The average Bonchev–Trinajstić information content (AvgIpc) is 3.17. The van der Waals surface area contributed by atoms with E-state index >= 15 is 0 Å². The Bertz CT molecular complexity index is 401. The molecule has 1 aromatic heterocycles. The summed E-state index contributed by atoms with van der Waals surface area (Å²) in [6.07, 6.45) is 4.83. The second kappa shape index (κ2) is 4.86. The summed E-state index contributed by atoms with van der Waals surface area (Å²) in [5.41, 5.74) is 1.06. The summed E-state index contributed by atoms with van der Waals surface area (Å²) in [5.74, 6) is 1.26. The number of piperidine rings is 1. The standard InChI is InChI=1S/C11H16BrN5/c12-10-9(7-3-4-7)15-11(17-16-10)14-8-2-1-5-13-6-8/h7-8,13H,1-6H2,(H,14,15,17). The highest BCUT2D eigenvalue weighted by Gasteiger charge is 2.28. The van der Waals surface area contributed by atoms with Gasteiger partial charge in [0.1, 0.15) is 0 Å². The maximum absolute atomic E-state index is 4.57. The number of rotatable bonds is 3. The summed E-state index contributed by atoms with van der Waals surface area (Å²) in [5, 5.41) is 15.0. The molecule has 1 saturated carbocycles. The van der Waals surface area contributed by atoms with Gasteiger partial charge in [0.2, 0.25) is 5.95 Å². The quantitative estimate of drug-likeness (QED) is 0.889. The van der Waals surface area contributed by atoms with Gasteiger partial charge in [-0.3, -0.25) is 0 Å². The van der Waals surface area contributed by atoms with Crippen molar-refractivity contribution in [2.75, 3.05) is 18.4 Å². The van der Waals surface area contributed by atoms with Crippen LogP contribution in [0.4, 0.5) is 5.95 Å². The van der Waals surface area contributed by atoms with Crippen molar-refractivity contribution in [1.29, 1.82) is 0 Å². The van der Waals surface area contributed by atoms with Crippen molar-refractivity contribution in [2.45, 2.75) is 37.6 Å². The van der Waals surface area contributed by atoms with Gasteiger partial charge in [-0.1, -0.05) is 0 Å². The number of hydrogen-bond donors (Lipinski definition) is 2. The number of hydrogen-bond acceptors (Lipinski definition) is 5. The van der Waals surface area contributed by atoms with Gasteiger partial charge in [-0.05, 0) is 48.2 Å². The molecule has 1 aliphatic carbocycles. The number of anilines is 1. The smallest absolute Gasteiger partial charge is 0.243 e. The largest absolute Gasteiger partial charge is 0.349 e. The minimum atomic E-state index is 0.429. The summed E-state index contributed by atoms with van der Waals surface area (Å²) >= 11 is 3.42. The van der Waals surface area contributed by atoms with Crippen LogP contribution in [0.1, 0.15) is 37.3 Å². The van der Waals surface area contributed by atoms with E-state index in [2.05, 4.69) is 41.7 Å². The predicted molar refractivity (Wildman–Crippen MR) is 69.0 cm³/mol. The Balaban J connectivity index is 1.71. The zero-order valence-corrected chi connectivity index (χ0v) is 11.2. The van der Waals surface area contributed by atoms with Gasteiger partial charge in [0, 0.05) is 18.5 Å². The molecule has 1 unspecified atom stereocenters. The lowest BCUT2D eigenvalue weighted by molar-refractivity contribution is 0.477. The number of nitrogens with zero attached hydrogens (tertiary/aromatic N) is 3. The third kappa shape index (κ3) is 2.74. The Kier molecular flexibility index (Phi) is 3.24. The molecule has 5 nitrogen and oxygen atoms in total. The molecule has 0 bridgehead atoms. The molecule has 92 valence electrons. The van der Waals surface area contributed by atoms with Crippen LogP contribution in [0.25, 0.3) is 0 Å². The molecular formula is C11H16BrN5. The van der Waals surface area contributed by atoms with Gasteiger partial charge >= 0.3 is 0 Å². The van der Waals surface area contributed by atoms with Gasteiger partial charge in [0.25, 0.3) is 0 Å². The van der Waals surface area contributed by atoms with Crippen LogP contribution in [0.3, 0.4) is 0 Å². The maximum Gasteiger partial charge on any atom is 0.243 e. The molecule has 0 aromatic carbocycles. The van der Waals surface area contributed by atoms with Gasteiger partial charge in [0.05, 0.1) is 5.69 Å². The Morgan fingerprint density at radius 3 is 2.82 bits per heavy atom. The van der Waals surface area contributed by atoms with Crippen molar-refractivity contribution in [3.05, 3.63) is 10.3 Å². The van der Waals surface area contributed by atoms with Crippen LogP contribution in [0.5, 0.6) is 0 Å². The topological polar surface area (TPSA) is 62.7 Å². The molecule has 2 fully saturated rings. The Hall–Kier alpha value is -0.750. The van der Waals surface area contributed by atoms with Crippen LogP contribution in [-0.2, 0) is 0 Å². The molecule has 2 heterocycles. The second-order valence-electron chi connectivity index (χ2n) is 4.77. The molecule has 2 aliphatic rings. The highest BCUT2D eigenvalue weighted by Crippen LogP contribution is 2.41. The van der Waals surface area contributed by atoms with Crippen LogP contribution in [0.2, 0.25) is 0 Å². The first kappa shape index (κ1) is 11.3. The summed E-state index contributed by atoms with van der Waals surface area (Å²) in [7, 11) is 0. The van der Waals surface area contributed by atoms with E-state index in [0.29, 0.717) is 17.9 Å². The van der Waals surface area contributed by atoms with Crippen molar-refractivity contribution in [2.24, 2.45) is 0 Å². The van der Waals surface area contributed by atoms with E-state index in [4.69, 9.17) is 0 Å². The molecule has 2 N–H and O–H groups in total. The lowest BCUT2D eigenvalue weighted by Gasteiger charge is -2.23. The van der Waals surface area contributed by atoms with Crippen LogP contribution in [0.15, 0.2) is 4.60 Å². The summed E-state index contributed by atoms with van der Waals surface area (Å²) in [4.78, 5) is 4.57. The van der Waals surface area contributed by atoms with Gasteiger partial charge in [-0.15, -0.1) is 10.2 Å². The molecular weight excluding hydrogens is 282 g/mol. The SMILES string of the molecule is Brc1nnc(NC2CCCNC2)nc1C1CC1. The molecule has 17 heavy (non-hydrogen) atoms. The second-order valence-corrected chi connectivity index (χ2v) is 5.52. The monoisotopic (exact) mass is 297 g/mol. The van der Waals surface area contributed by atoms with Crippen LogP contribution in [0, 0.1) is 0 Å². The third-order valence-electron chi connectivity index (χ3n) is 3.26. The number of aromatic nitrogens is 3. The Labute approximate surface area is 109 Å². The fourth-order valence-corrected chi connectivity index (χ4v) is 2.65. The third-order valence-corrected chi connectivity index (χ3v) is 3.83. The minimum absolute atomic E-state index is 0.429. The summed E-state index contributed by atoms with van der Waals surface area (Å²) in [6.45, 7) is 2.10. The summed E-state index contributed by atoms with van der Waals surface area (Å²) < 4.78 is 0.798. The Morgan fingerprint density at radius 2 is 2.12 bits per heavy atom. The van der Waals surface area contributed by atoms with E-state index in [9.17, 15) is 0 Å². The number of nitrogens with one attached hydrogen (secondary N) is 2.